The summed E-state index contributed by atoms with van der Waals surface area (Å²) in [5, 5.41) is 19.7. The third-order valence-corrected chi connectivity index (χ3v) is 0.492. The van der Waals surface area contributed by atoms with E-state index in [1.165, 1.54) is 0 Å². The Balaban J connectivity index is -0.000000180. The molecule has 0 aliphatic rings. The molecule has 0 saturated carbocycles. The average molecular weight is 180 g/mol. The Bertz CT molecular complexity index is 86.3. The second kappa shape index (κ2) is 7.36. The van der Waals surface area contributed by atoms with Crippen molar-refractivity contribution in [1.29, 1.82) is 0 Å². The summed E-state index contributed by atoms with van der Waals surface area (Å²) >= 11 is 0. The van der Waals surface area contributed by atoms with Crippen molar-refractivity contribution in [2.75, 3.05) is 0 Å². The molecule has 9 heavy (non-hydrogen) atoms. The van der Waals surface area contributed by atoms with Crippen molar-refractivity contribution < 1.29 is 118 Å². The number of hydrogen-bond acceptors (Lipinski definition) is 3. The first-order chi connectivity index (χ1) is 2.94. The van der Waals surface area contributed by atoms with Gasteiger partial charge in [-0.3, -0.25) is 0 Å². The van der Waals surface area contributed by atoms with E-state index in [4.69, 9.17) is 0 Å². The summed E-state index contributed by atoms with van der Waals surface area (Å²) in [5.41, 5.74) is -1.94. The van der Waals surface area contributed by atoms with E-state index in [2.05, 4.69) is 0 Å². The van der Waals surface area contributed by atoms with E-state index in [1.807, 2.05) is 0 Å². The van der Waals surface area contributed by atoms with Crippen LogP contribution in [0, 0.1) is 0 Å². The van der Waals surface area contributed by atoms with E-state index in [-0.39, 0.29) is 103 Å². The first-order valence-electron chi connectivity index (χ1n) is 1.86. The molecule has 0 aromatic carbocycles. The summed E-state index contributed by atoms with van der Waals surface area (Å²) in [6, 6.07) is 0. The van der Waals surface area contributed by atoms with Crippen molar-refractivity contribution in [3.8, 4) is 0 Å². The number of carbonyl (C=O) groups is 1. The van der Waals surface area contributed by atoms with Crippen molar-refractivity contribution in [2.24, 2.45) is 0 Å². The van der Waals surface area contributed by atoms with Crippen LogP contribution in [0.1, 0.15) is 13.8 Å². The fourth-order valence-electron chi connectivity index (χ4n) is 0. The Labute approximate surface area is 139 Å². The van der Waals surface area contributed by atoms with Crippen LogP contribution in [-0.2, 0) is 4.79 Å². The topological polar surface area (TPSA) is 63.2 Å². The molecular weight excluding hydrogens is 174 g/mol. The minimum absolute atomic E-state index is 0. The van der Waals surface area contributed by atoms with Gasteiger partial charge in [-0.1, -0.05) is 19.4 Å². The maximum atomic E-state index is 10.1. The second-order valence-electron chi connectivity index (χ2n) is 1.80. The summed E-state index contributed by atoms with van der Waals surface area (Å²) < 4.78 is 0. The zero-order valence-electron chi connectivity index (χ0n) is 6.22. The molecule has 42 valence electrons. The van der Waals surface area contributed by atoms with E-state index < -0.39 is 11.6 Å². The summed E-state index contributed by atoms with van der Waals surface area (Å²) in [6.45, 7) is 2.09. The molecular formula is C4H6K2O3. The van der Waals surface area contributed by atoms with Gasteiger partial charge in [0.1, 0.15) is 0 Å². The number of carboxylic acid groups (broad SMARTS) is 1. The molecule has 0 spiro atoms. The third-order valence-electron chi connectivity index (χ3n) is 0.492. The van der Waals surface area contributed by atoms with Crippen molar-refractivity contribution >= 4 is 5.97 Å². The van der Waals surface area contributed by atoms with Crippen LogP contribution in [0.5, 0.6) is 0 Å². The van der Waals surface area contributed by atoms with Gasteiger partial charge in [0.2, 0.25) is 0 Å². The van der Waals surface area contributed by atoms with Crippen LogP contribution in [0.3, 0.4) is 0 Å². The van der Waals surface area contributed by atoms with Crippen LogP contribution < -0.4 is 113 Å². The van der Waals surface area contributed by atoms with E-state index in [9.17, 15) is 15.0 Å². The van der Waals surface area contributed by atoms with Crippen LogP contribution in [0.25, 0.3) is 0 Å². The van der Waals surface area contributed by atoms with Gasteiger partial charge in [0.25, 0.3) is 0 Å². The van der Waals surface area contributed by atoms with Crippen LogP contribution >= 0.6 is 0 Å². The van der Waals surface area contributed by atoms with E-state index >= 15 is 0 Å². The standard InChI is InChI=1S/C4H7O3.2K/c1-4(2,7)3(5)6;;/h1-2H3,(H,5,6);;/q-1;2*+1/p-1. The van der Waals surface area contributed by atoms with Crippen LogP contribution in [-0.4, -0.2) is 11.6 Å². The molecule has 0 aliphatic carbocycles. The number of hydrogen-bond donors (Lipinski definition) is 0. The van der Waals surface area contributed by atoms with Crippen molar-refractivity contribution in [3.63, 3.8) is 0 Å². The van der Waals surface area contributed by atoms with Crippen molar-refractivity contribution in [2.45, 2.75) is 19.4 Å². The van der Waals surface area contributed by atoms with Gasteiger partial charge in [0, 0.05) is 5.97 Å². The Morgan fingerprint density at radius 3 is 1.44 bits per heavy atom. The molecule has 0 N–H and O–H groups in total. The molecule has 0 heterocycles. The van der Waals surface area contributed by atoms with Crippen molar-refractivity contribution in [1.82, 2.24) is 0 Å². The van der Waals surface area contributed by atoms with Crippen LogP contribution in [0.2, 0.25) is 0 Å². The molecule has 0 fully saturated rings. The molecule has 0 aromatic rings. The molecule has 0 amide bonds. The molecule has 0 saturated heterocycles. The third kappa shape index (κ3) is 10.7. The van der Waals surface area contributed by atoms with Gasteiger partial charge in [-0.25, -0.2) is 0 Å². The Kier molecular flexibility index (Phi) is 14.5. The van der Waals surface area contributed by atoms with Gasteiger partial charge >= 0.3 is 103 Å². The van der Waals surface area contributed by atoms with Crippen LogP contribution in [0.15, 0.2) is 0 Å². The molecule has 0 atom stereocenters. The molecule has 3 nitrogen and oxygen atoms in total. The number of aliphatic carboxylic acids is 1. The predicted octanol–water partition coefficient (Wildman–Crippen LogP) is -8.12. The Morgan fingerprint density at radius 1 is 1.33 bits per heavy atom. The summed E-state index contributed by atoms with van der Waals surface area (Å²) in [5.74, 6) is -1.56. The normalized spacial score (nSPS) is 8.78. The molecule has 0 radical (unpaired) electrons. The zero-order valence-corrected chi connectivity index (χ0v) is 12.5. The SMILES string of the molecule is CC(C)([O-])C(=O)[O-].[K+].[K+]. The zero-order chi connectivity index (χ0) is 6.08. The van der Waals surface area contributed by atoms with Gasteiger partial charge in [-0.05, 0) is 0 Å². The number of carboxylic acids is 1. The molecule has 5 heteroatoms. The van der Waals surface area contributed by atoms with Gasteiger partial charge in [-0.15, -0.1) is 0 Å². The minimum atomic E-state index is -1.94. The number of carbonyl (C=O) groups excluding carboxylic acids is 1. The first-order valence-corrected chi connectivity index (χ1v) is 1.86. The second-order valence-corrected chi connectivity index (χ2v) is 1.80. The monoisotopic (exact) mass is 180 g/mol. The molecule has 0 unspecified atom stereocenters. The van der Waals surface area contributed by atoms with Crippen molar-refractivity contribution in [3.05, 3.63) is 0 Å². The summed E-state index contributed by atoms with van der Waals surface area (Å²) in [6.07, 6.45) is 0. The fourth-order valence-corrected chi connectivity index (χ4v) is 0. The quantitative estimate of drug-likeness (QED) is 0.377. The van der Waals surface area contributed by atoms with Gasteiger partial charge in [0.15, 0.2) is 0 Å². The Morgan fingerprint density at radius 2 is 1.44 bits per heavy atom. The minimum Gasteiger partial charge on any atom is -0.846 e. The maximum absolute atomic E-state index is 10.1. The molecule has 0 aromatic heterocycles. The first kappa shape index (κ1) is 17.7. The van der Waals surface area contributed by atoms with Gasteiger partial charge in [-0.2, -0.15) is 0 Å². The smallest absolute Gasteiger partial charge is 0.846 e. The van der Waals surface area contributed by atoms with Crippen LogP contribution in [0.4, 0.5) is 0 Å². The fraction of sp³-hybridized carbons (Fsp3) is 0.750. The maximum Gasteiger partial charge on any atom is 1.00 e. The van der Waals surface area contributed by atoms with Gasteiger partial charge in [0.05, 0.1) is 0 Å². The van der Waals surface area contributed by atoms with E-state index in [1.54, 1.807) is 0 Å². The summed E-state index contributed by atoms with van der Waals surface area (Å²) in [4.78, 5) is 9.60. The molecule has 0 bridgehead atoms. The van der Waals surface area contributed by atoms with E-state index in [0.717, 1.165) is 13.8 Å². The predicted molar refractivity (Wildman–Crippen MR) is 19.1 cm³/mol. The molecule has 0 rings (SSSR count). The number of rotatable bonds is 1. The van der Waals surface area contributed by atoms with E-state index in [0.29, 0.717) is 0 Å². The largest absolute Gasteiger partial charge is 1.00 e. The average Bonchev–Trinajstić information content (AvgIpc) is 1.31. The summed E-state index contributed by atoms with van der Waals surface area (Å²) in [7, 11) is 0. The molecule has 0 aliphatic heterocycles. The van der Waals surface area contributed by atoms with Gasteiger partial charge < -0.3 is 15.0 Å². The Hall–Kier alpha value is 2.70.